The summed E-state index contributed by atoms with van der Waals surface area (Å²) in [6.45, 7) is 10.8. The van der Waals surface area contributed by atoms with Crippen LogP contribution < -0.4 is 4.74 Å². The Bertz CT molecular complexity index is 1460. The molecule has 0 aliphatic heterocycles. The van der Waals surface area contributed by atoms with Gasteiger partial charge in [0.1, 0.15) is 17.0 Å². The maximum atomic E-state index is 12.5. The molecule has 0 spiro atoms. The molecule has 6 heteroatoms. The van der Waals surface area contributed by atoms with Crippen LogP contribution in [0.4, 0.5) is 0 Å². The molecule has 6 nitrogen and oxygen atoms in total. The molecule has 0 amide bonds. The number of carboxylic acids is 1. The minimum absolute atomic E-state index is 0.0766. The van der Waals surface area contributed by atoms with Gasteiger partial charge in [0, 0.05) is 10.9 Å². The van der Waals surface area contributed by atoms with Crippen molar-refractivity contribution >= 4 is 27.8 Å². The normalized spacial score (nSPS) is 20.1. The standard InChI is InChI=1S/C31H35NO5/c1-18(2)37-31(5)14-12-21(13-15-31)17-35-26-11-10-19(3)28-27(26)23(30(33)34)16-24(32-28)29-20(4)22-8-6-7-9-25(22)36-29/h6-11,16,18,21H,12-15,17H2,1-5H3,(H,33,34)/t21-,31+. The second-order valence-corrected chi connectivity index (χ2v) is 10.9. The Balaban J connectivity index is 1.47. The summed E-state index contributed by atoms with van der Waals surface area (Å²) in [4.78, 5) is 17.3. The number of carbonyl (C=O) groups is 1. The summed E-state index contributed by atoms with van der Waals surface area (Å²) in [5, 5.41) is 11.7. The maximum absolute atomic E-state index is 12.5. The summed E-state index contributed by atoms with van der Waals surface area (Å²) in [7, 11) is 0. The lowest BCUT2D eigenvalue weighted by molar-refractivity contribution is -0.0970. The van der Waals surface area contributed by atoms with E-state index in [2.05, 4.69) is 20.8 Å². The van der Waals surface area contributed by atoms with Crippen LogP contribution in [0.25, 0.3) is 33.3 Å². The number of benzene rings is 2. The molecule has 1 fully saturated rings. The Morgan fingerprint density at radius 2 is 1.89 bits per heavy atom. The van der Waals surface area contributed by atoms with Crippen molar-refractivity contribution in [3.05, 3.63) is 59.2 Å². The van der Waals surface area contributed by atoms with Crippen LogP contribution in [0.15, 0.2) is 46.9 Å². The summed E-state index contributed by atoms with van der Waals surface area (Å²) >= 11 is 0. The predicted molar refractivity (Wildman–Crippen MR) is 145 cm³/mol. The van der Waals surface area contributed by atoms with E-state index in [1.807, 2.05) is 50.2 Å². The van der Waals surface area contributed by atoms with Crippen LogP contribution in [0.2, 0.25) is 0 Å². The van der Waals surface area contributed by atoms with E-state index in [0.29, 0.717) is 40.6 Å². The highest BCUT2D eigenvalue weighted by Gasteiger charge is 2.33. The molecule has 37 heavy (non-hydrogen) atoms. The molecular weight excluding hydrogens is 466 g/mol. The molecule has 2 aromatic carbocycles. The first-order valence-corrected chi connectivity index (χ1v) is 13.1. The summed E-state index contributed by atoms with van der Waals surface area (Å²) < 4.78 is 18.6. The Labute approximate surface area is 217 Å². The van der Waals surface area contributed by atoms with Gasteiger partial charge >= 0.3 is 5.97 Å². The van der Waals surface area contributed by atoms with Crippen LogP contribution in [0, 0.1) is 19.8 Å². The third-order valence-corrected chi connectivity index (χ3v) is 7.59. The van der Waals surface area contributed by atoms with Gasteiger partial charge in [0.15, 0.2) is 5.76 Å². The molecule has 2 aromatic heterocycles. The molecule has 1 aliphatic rings. The van der Waals surface area contributed by atoms with Crippen molar-refractivity contribution in [1.82, 2.24) is 4.98 Å². The summed E-state index contributed by atoms with van der Waals surface area (Å²) in [5.41, 5.74) is 3.80. The van der Waals surface area contributed by atoms with Gasteiger partial charge in [0.05, 0.1) is 34.8 Å². The highest BCUT2D eigenvalue weighted by Crippen LogP contribution is 2.39. The number of fused-ring (bicyclic) bond motifs is 2. The van der Waals surface area contributed by atoms with Crippen molar-refractivity contribution < 1.29 is 23.8 Å². The maximum Gasteiger partial charge on any atom is 0.336 e. The number of hydrogen-bond donors (Lipinski definition) is 1. The van der Waals surface area contributed by atoms with Gasteiger partial charge in [0.2, 0.25) is 0 Å². The molecule has 4 aromatic rings. The van der Waals surface area contributed by atoms with Crippen LogP contribution in [-0.2, 0) is 4.74 Å². The average molecular weight is 502 g/mol. The van der Waals surface area contributed by atoms with Gasteiger partial charge in [-0.15, -0.1) is 0 Å². The van der Waals surface area contributed by atoms with E-state index in [1.54, 1.807) is 6.07 Å². The van der Waals surface area contributed by atoms with E-state index >= 15 is 0 Å². The van der Waals surface area contributed by atoms with E-state index in [0.717, 1.165) is 47.8 Å². The third-order valence-electron chi connectivity index (χ3n) is 7.59. The molecule has 0 atom stereocenters. The van der Waals surface area contributed by atoms with E-state index < -0.39 is 5.97 Å². The third kappa shape index (κ3) is 4.95. The molecule has 0 unspecified atom stereocenters. The Morgan fingerprint density at radius 3 is 2.57 bits per heavy atom. The number of rotatable bonds is 7. The number of para-hydroxylation sites is 1. The predicted octanol–water partition coefficient (Wildman–Crippen LogP) is 7.72. The molecule has 0 radical (unpaired) electrons. The lowest BCUT2D eigenvalue weighted by Gasteiger charge is -2.38. The van der Waals surface area contributed by atoms with Gasteiger partial charge in [-0.1, -0.05) is 24.3 Å². The fraction of sp³-hybridized carbons (Fsp3) is 0.419. The first-order valence-electron chi connectivity index (χ1n) is 13.1. The molecule has 1 aliphatic carbocycles. The monoisotopic (exact) mass is 501 g/mol. The Hall–Kier alpha value is -3.38. The zero-order valence-corrected chi connectivity index (χ0v) is 22.3. The van der Waals surface area contributed by atoms with E-state index in [9.17, 15) is 9.90 Å². The largest absolute Gasteiger partial charge is 0.493 e. The number of aromatic carboxylic acids is 1. The highest BCUT2D eigenvalue weighted by atomic mass is 16.5. The van der Waals surface area contributed by atoms with Gasteiger partial charge in [-0.2, -0.15) is 0 Å². The van der Waals surface area contributed by atoms with E-state index in [1.165, 1.54) is 0 Å². The number of nitrogens with zero attached hydrogens (tertiary/aromatic N) is 1. The van der Waals surface area contributed by atoms with Crippen LogP contribution in [-0.4, -0.2) is 34.4 Å². The first-order chi connectivity index (χ1) is 17.6. The summed E-state index contributed by atoms with van der Waals surface area (Å²) in [6, 6.07) is 13.2. The fourth-order valence-corrected chi connectivity index (χ4v) is 5.62. The minimum Gasteiger partial charge on any atom is -0.493 e. The number of pyridine rings is 1. The number of carboxylic acid groups (broad SMARTS) is 1. The molecule has 1 N–H and O–H groups in total. The number of aryl methyl sites for hydroxylation is 2. The van der Waals surface area contributed by atoms with Crippen molar-refractivity contribution in [1.29, 1.82) is 0 Å². The van der Waals surface area contributed by atoms with Crippen molar-refractivity contribution in [2.24, 2.45) is 5.92 Å². The lowest BCUT2D eigenvalue weighted by atomic mass is 9.80. The zero-order valence-electron chi connectivity index (χ0n) is 22.3. The lowest BCUT2D eigenvalue weighted by Crippen LogP contribution is -2.37. The number of aromatic nitrogens is 1. The average Bonchev–Trinajstić information content (AvgIpc) is 3.20. The molecule has 2 heterocycles. The van der Waals surface area contributed by atoms with Gasteiger partial charge in [-0.3, -0.25) is 0 Å². The quantitative estimate of drug-likeness (QED) is 0.279. The Kier molecular flexibility index (Phi) is 6.71. The van der Waals surface area contributed by atoms with Crippen molar-refractivity contribution in [2.75, 3.05) is 6.61 Å². The summed E-state index contributed by atoms with van der Waals surface area (Å²) in [5.74, 6) is 0.534. The van der Waals surface area contributed by atoms with Crippen molar-refractivity contribution in [3.8, 4) is 17.2 Å². The highest BCUT2D eigenvalue weighted by molar-refractivity contribution is 6.07. The molecule has 0 bridgehead atoms. The van der Waals surface area contributed by atoms with Crippen molar-refractivity contribution in [2.45, 2.75) is 72.0 Å². The van der Waals surface area contributed by atoms with Gasteiger partial charge in [-0.05, 0) is 90.0 Å². The van der Waals surface area contributed by atoms with Gasteiger partial charge < -0.3 is 19.0 Å². The topological polar surface area (TPSA) is 81.8 Å². The van der Waals surface area contributed by atoms with Crippen LogP contribution in [0.3, 0.4) is 0 Å². The smallest absolute Gasteiger partial charge is 0.336 e. The Morgan fingerprint density at radius 1 is 1.16 bits per heavy atom. The number of furan rings is 1. The van der Waals surface area contributed by atoms with Crippen LogP contribution in [0.5, 0.6) is 5.75 Å². The van der Waals surface area contributed by atoms with Crippen LogP contribution in [0.1, 0.15) is 67.9 Å². The SMILES string of the molecule is Cc1c(-c2cc(C(=O)O)c3c(OC[C@H]4CC[C@@](C)(OC(C)C)CC4)ccc(C)c3n2)oc2ccccc12. The van der Waals surface area contributed by atoms with E-state index in [-0.39, 0.29) is 17.3 Å². The molecule has 194 valence electrons. The fourth-order valence-electron chi connectivity index (χ4n) is 5.62. The second kappa shape index (κ2) is 9.82. The van der Waals surface area contributed by atoms with Crippen LogP contribution >= 0.6 is 0 Å². The molecule has 0 saturated heterocycles. The summed E-state index contributed by atoms with van der Waals surface area (Å²) in [6.07, 6.45) is 4.25. The number of ether oxygens (including phenoxy) is 2. The molecular formula is C31H35NO5. The van der Waals surface area contributed by atoms with Crippen molar-refractivity contribution in [3.63, 3.8) is 0 Å². The zero-order chi connectivity index (χ0) is 26.3. The first kappa shape index (κ1) is 25.3. The van der Waals surface area contributed by atoms with E-state index in [4.69, 9.17) is 18.9 Å². The second-order valence-electron chi connectivity index (χ2n) is 10.9. The van der Waals surface area contributed by atoms with Gasteiger partial charge in [0.25, 0.3) is 0 Å². The van der Waals surface area contributed by atoms with Gasteiger partial charge in [-0.25, -0.2) is 9.78 Å². The number of hydrogen-bond acceptors (Lipinski definition) is 5. The minimum atomic E-state index is -1.02. The molecule has 5 rings (SSSR count). The molecule has 1 saturated carbocycles.